The smallest absolute Gasteiger partial charge is 0.106 e. The van der Waals surface area contributed by atoms with Crippen LogP contribution in [0.2, 0.25) is 0 Å². The second-order valence-electron chi connectivity index (χ2n) is 5.21. The third kappa shape index (κ3) is 2.46. The van der Waals surface area contributed by atoms with Gasteiger partial charge in [-0.25, -0.2) is 4.98 Å². The number of benzene rings is 2. The average Bonchev–Trinajstić information content (AvgIpc) is 3.00. The Morgan fingerprint density at radius 2 is 2.00 bits per heavy atom. The summed E-state index contributed by atoms with van der Waals surface area (Å²) in [6.45, 7) is 1.92. The average molecular weight is 299 g/mol. The predicted octanol–water partition coefficient (Wildman–Crippen LogP) is 3.20. The van der Waals surface area contributed by atoms with Crippen molar-refractivity contribution in [3.05, 3.63) is 53.5 Å². The fourth-order valence-electron chi connectivity index (χ4n) is 2.37. The number of aliphatic hydroxyl groups excluding tert-OH is 1. The van der Waals surface area contributed by atoms with E-state index >= 15 is 0 Å². The van der Waals surface area contributed by atoms with Gasteiger partial charge in [-0.15, -0.1) is 11.3 Å². The number of hydrogen-bond acceptors (Lipinski definition) is 5. The molecule has 0 bridgehead atoms. The lowest BCUT2D eigenvalue weighted by Crippen LogP contribution is -2.36. The molecule has 0 amide bonds. The molecule has 108 valence electrons. The van der Waals surface area contributed by atoms with Crippen molar-refractivity contribution in [2.45, 2.75) is 12.5 Å². The van der Waals surface area contributed by atoms with E-state index in [0.717, 1.165) is 21.5 Å². The van der Waals surface area contributed by atoms with Gasteiger partial charge in [-0.2, -0.15) is 0 Å². The summed E-state index contributed by atoms with van der Waals surface area (Å²) in [4.78, 5) is 4.30. The number of nitrogens with one attached hydrogen (secondary N) is 1. The Morgan fingerprint density at radius 1 is 1.24 bits per heavy atom. The highest BCUT2D eigenvalue weighted by Gasteiger charge is 2.26. The van der Waals surface area contributed by atoms with Crippen LogP contribution < -0.4 is 11.1 Å². The van der Waals surface area contributed by atoms with Gasteiger partial charge >= 0.3 is 0 Å². The lowest BCUT2D eigenvalue weighted by atomic mass is 9.92. The van der Waals surface area contributed by atoms with E-state index in [2.05, 4.69) is 10.3 Å². The molecule has 0 aliphatic rings. The SMILES string of the molecule is CC(CO)(Nc1ccc2scnc2c1N)c1ccccc1. The minimum absolute atomic E-state index is 0.0362. The van der Waals surface area contributed by atoms with Crippen molar-refractivity contribution in [1.82, 2.24) is 4.98 Å². The van der Waals surface area contributed by atoms with Gasteiger partial charge in [-0.1, -0.05) is 30.3 Å². The van der Waals surface area contributed by atoms with Crippen molar-refractivity contribution < 1.29 is 5.11 Å². The van der Waals surface area contributed by atoms with Crippen LogP contribution in [0, 0.1) is 0 Å². The van der Waals surface area contributed by atoms with Crippen LogP contribution in [0.25, 0.3) is 10.2 Å². The quantitative estimate of drug-likeness (QED) is 0.647. The molecule has 3 aromatic rings. The number of nitrogen functional groups attached to an aromatic ring is 1. The van der Waals surface area contributed by atoms with E-state index in [1.807, 2.05) is 49.4 Å². The van der Waals surface area contributed by atoms with E-state index in [0.29, 0.717) is 5.69 Å². The Balaban J connectivity index is 2.01. The Kier molecular flexibility index (Phi) is 3.53. The summed E-state index contributed by atoms with van der Waals surface area (Å²) in [7, 11) is 0. The molecule has 0 spiro atoms. The summed E-state index contributed by atoms with van der Waals surface area (Å²) in [6.07, 6.45) is 0. The standard InChI is InChI=1S/C16H17N3OS/c1-16(9-20,11-5-3-2-4-6-11)19-12-7-8-13-15(14(12)17)18-10-21-13/h2-8,10,19-20H,9,17H2,1H3. The van der Waals surface area contributed by atoms with Crippen LogP contribution in [0.3, 0.4) is 0 Å². The van der Waals surface area contributed by atoms with E-state index < -0.39 is 5.54 Å². The third-order valence-electron chi connectivity index (χ3n) is 3.68. The Labute approximate surface area is 127 Å². The Bertz CT molecular complexity index is 757. The largest absolute Gasteiger partial charge is 0.395 e. The number of anilines is 2. The highest BCUT2D eigenvalue weighted by molar-refractivity contribution is 7.16. The second-order valence-corrected chi connectivity index (χ2v) is 6.09. The van der Waals surface area contributed by atoms with Gasteiger partial charge in [0, 0.05) is 0 Å². The zero-order valence-electron chi connectivity index (χ0n) is 11.7. The highest BCUT2D eigenvalue weighted by atomic mass is 32.1. The molecule has 0 radical (unpaired) electrons. The van der Waals surface area contributed by atoms with Crippen LogP contribution in [-0.2, 0) is 5.54 Å². The number of rotatable bonds is 4. The van der Waals surface area contributed by atoms with Crippen molar-refractivity contribution in [3.63, 3.8) is 0 Å². The normalized spacial score (nSPS) is 14.0. The lowest BCUT2D eigenvalue weighted by Gasteiger charge is -2.31. The van der Waals surface area contributed by atoms with E-state index in [1.165, 1.54) is 0 Å². The zero-order valence-corrected chi connectivity index (χ0v) is 12.5. The monoisotopic (exact) mass is 299 g/mol. The summed E-state index contributed by atoms with van der Waals surface area (Å²) in [5.41, 5.74) is 10.6. The Hall–Kier alpha value is -2.11. The first-order valence-corrected chi connectivity index (χ1v) is 7.58. The fourth-order valence-corrected chi connectivity index (χ4v) is 3.06. The topological polar surface area (TPSA) is 71.2 Å². The molecule has 5 heteroatoms. The molecule has 4 nitrogen and oxygen atoms in total. The molecule has 2 aromatic carbocycles. The summed E-state index contributed by atoms with van der Waals surface area (Å²) in [6, 6.07) is 13.8. The van der Waals surface area contributed by atoms with Crippen LogP contribution in [0.5, 0.6) is 0 Å². The molecule has 21 heavy (non-hydrogen) atoms. The molecule has 4 N–H and O–H groups in total. The summed E-state index contributed by atoms with van der Waals surface area (Å²) < 4.78 is 1.06. The molecule has 0 aliphatic carbocycles. The first-order valence-electron chi connectivity index (χ1n) is 6.70. The van der Waals surface area contributed by atoms with Gasteiger partial charge in [0.1, 0.15) is 5.52 Å². The second kappa shape index (κ2) is 5.35. The van der Waals surface area contributed by atoms with Crippen LogP contribution in [0.4, 0.5) is 11.4 Å². The van der Waals surface area contributed by atoms with Crippen molar-refractivity contribution in [1.29, 1.82) is 0 Å². The summed E-state index contributed by atoms with van der Waals surface area (Å²) in [5, 5.41) is 13.2. The van der Waals surface area contributed by atoms with E-state index in [1.54, 1.807) is 16.8 Å². The number of aliphatic hydroxyl groups is 1. The number of thiazole rings is 1. The van der Waals surface area contributed by atoms with Gasteiger partial charge < -0.3 is 16.2 Å². The van der Waals surface area contributed by atoms with E-state index in [4.69, 9.17) is 5.73 Å². The molecule has 1 aromatic heterocycles. The first-order chi connectivity index (χ1) is 10.1. The Morgan fingerprint density at radius 3 is 2.71 bits per heavy atom. The minimum atomic E-state index is -0.598. The predicted molar refractivity (Wildman–Crippen MR) is 88.5 cm³/mol. The lowest BCUT2D eigenvalue weighted by molar-refractivity contribution is 0.224. The molecule has 1 unspecified atom stereocenters. The molecule has 1 atom stereocenters. The van der Waals surface area contributed by atoms with Gasteiger partial charge in [0.05, 0.1) is 33.7 Å². The third-order valence-corrected chi connectivity index (χ3v) is 4.47. The number of fused-ring (bicyclic) bond motifs is 1. The van der Waals surface area contributed by atoms with Gasteiger partial charge in [-0.3, -0.25) is 0 Å². The van der Waals surface area contributed by atoms with E-state index in [-0.39, 0.29) is 6.61 Å². The van der Waals surface area contributed by atoms with Crippen LogP contribution in [0.1, 0.15) is 12.5 Å². The molecular formula is C16H17N3OS. The van der Waals surface area contributed by atoms with Gasteiger partial charge in [0.25, 0.3) is 0 Å². The van der Waals surface area contributed by atoms with Crippen molar-refractivity contribution in [2.75, 3.05) is 17.7 Å². The summed E-state index contributed by atoms with van der Waals surface area (Å²) >= 11 is 1.56. The zero-order chi connectivity index (χ0) is 14.9. The maximum atomic E-state index is 9.85. The van der Waals surface area contributed by atoms with Crippen LogP contribution in [0.15, 0.2) is 48.0 Å². The van der Waals surface area contributed by atoms with Gasteiger partial charge in [-0.05, 0) is 24.6 Å². The minimum Gasteiger partial charge on any atom is -0.395 e. The van der Waals surface area contributed by atoms with Crippen molar-refractivity contribution in [3.8, 4) is 0 Å². The van der Waals surface area contributed by atoms with Crippen LogP contribution in [-0.4, -0.2) is 16.7 Å². The summed E-state index contributed by atoms with van der Waals surface area (Å²) in [5.74, 6) is 0. The molecule has 0 saturated carbocycles. The molecular weight excluding hydrogens is 282 g/mol. The first kappa shape index (κ1) is 13.9. The number of aromatic nitrogens is 1. The maximum absolute atomic E-state index is 9.85. The highest BCUT2D eigenvalue weighted by Crippen LogP contribution is 2.34. The number of nitrogens with zero attached hydrogens (tertiary/aromatic N) is 1. The molecule has 0 fully saturated rings. The number of nitrogens with two attached hydrogens (primary N) is 1. The maximum Gasteiger partial charge on any atom is 0.106 e. The molecule has 0 aliphatic heterocycles. The molecule has 0 saturated heterocycles. The van der Waals surface area contributed by atoms with Crippen molar-refractivity contribution in [2.24, 2.45) is 0 Å². The van der Waals surface area contributed by atoms with Crippen LogP contribution >= 0.6 is 11.3 Å². The number of hydrogen-bond donors (Lipinski definition) is 3. The van der Waals surface area contributed by atoms with Gasteiger partial charge in [0.2, 0.25) is 0 Å². The molecule has 1 heterocycles. The van der Waals surface area contributed by atoms with Crippen molar-refractivity contribution >= 4 is 32.9 Å². The van der Waals surface area contributed by atoms with Gasteiger partial charge in [0.15, 0.2) is 0 Å². The van der Waals surface area contributed by atoms with E-state index in [9.17, 15) is 5.11 Å². The fraction of sp³-hybridized carbons (Fsp3) is 0.188. The molecule has 3 rings (SSSR count).